The highest BCUT2D eigenvalue weighted by molar-refractivity contribution is 14.1. The van der Waals surface area contributed by atoms with Gasteiger partial charge in [0, 0.05) is 19.8 Å². The third kappa shape index (κ3) is 5.39. The van der Waals surface area contributed by atoms with E-state index in [-0.39, 0.29) is 5.91 Å². The molecule has 0 radical (unpaired) electrons. The Labute approximate surface area is 222 Å². The van der Waals surface area contributed by atoms with Crippen LogP contribution in [0.5, 0.6) is 11.5 Å². The van der Waals surface area contributed by atoms with Crippen LogP contribution in [0.15, 0.2) is 71.6 Å². The van der Waals surface area contributed by atoms with Gasteiger partial charge in [0.15, 0.2) is 15.8 Å². The van der Waals surface area contributed by atoms with Gasteiger partial charge in [-0.3, -0.25) is 9.69 Å². The summed E-state index contributed by atoms with van der Waals surface area (Å²) in [5.74, 6) is 1.16. The van der Waals surface area contributed by atoms with Gasteiger partial charge in [-0.15, -0.1) is 0 Å². The summed E-state index contributed by atoms with van der Waals surface area (Å²) in [5, 5.41) is 0. The second-order valence-corrected chi connectivity index (χ2v) is 10.6. The average molecular weight is 603 g/mol. The summed E-state index contributed by atoms with van der Waals surface area (Å²) in [6, 6.07) is 21.6. The van der Waals surface area contributed by atoms with Gasteiger partial charge in [-0.05, 0) is 76.2 Å². The molecule has 0 atom stereocenters. The highest BCUT2D eigenvalue weighted by atomic mass is 127. The molecule has 0 bridgehead atoms. The Balaban J connectivity index is 1.56. The molecule has 0 unspecified atom stereocenters. The van der Waals surface area contributed by atoms with Crippen LogP contribution in [-0.2, 0) is 11.4 Å². The molecule has 174 valence electrons. The molecule has 1 heterocycles. The van der Waals surface area contributed by atoms with Crippen molar-refractivity contribution < 1.29 is 14.3 Å². The minimum atomic E-state index is -0.133. The predicted octanol–water partition coefficient (Wildman–Crippen LogP) is 6.35. The Bertz CT molecular complexity index is 1240. The first-order valence-corrected chi connectivity index (χ1v) is 12.8. The van der Waals surface area contributed by atoms with Crippen LogP contribution in [-0.4, -0.2) is 31.4 Å². The number of hydrogen-bond donors (Lipinski definition) is 0. The molecule has 34 heavy (non-hydrogen) atoms. The zero-order chi connectivity index (χ0) is 24.2. The Kier molecular flexibility index (Phi) is 7.80. The lowest BCUT2D eigenvalue weighted by molar-refractivity contribution is -0.113. The molecule has 1 saturated heterocycles. The summed E-state index contributed by atoms with van der Waals surface area (Å²) in [5.41, 5.74) is 3.73. The van der Waals surface area contributed by atoms with Crippen molar-refractivity contribution in [1.29, 1.82) is 0 Å². The number of methoxy groups -OCH3 is 1. The molecule has 0 saturated carbocycles. The lowest BCUT2D eigenvalue weighted by atomic mass is 10.1. The Morgan fingerprint density at radius 1 is 1.09 bits per heavy atom. The van der Waals surface area contributed by atoms with Crippen molar-refractivity contribution in [2.45, 2.75) is 6.61 Å². The number of nitrogens with zero attached hydrogens (tertiary/aromatic N) is 2. The second kappa shape index (κ2) is 10.8. The van der Waals surface area contributed by atoms with Crippen LogP contribution in [0.25, 0.3) is 6.08 Å². The molecule has 1 fully saturated rings. The van der Waals surface area contributed by atoms with E-state index in [2.05, 4.69) is 22.6 Å². The zero-order valence-electron chi connectivity index (χ0n) is 18.9. The molecule has 0 N–H and O–H groups in total. The number of ether oxygens (including phenoxy) is 2. The number of anilines is 2. The molecule has 3 aromatic rings. The summed E-state index contributed by atoms with van der Waals surface area (Å²) in [6.07, 6.45) is 1.85. The topological polar surface area (TPSA) is 42.0 Å². The van der Waals surface area contributed by atoms with Crippen LogP contribution >= 0.6 is 46.6 Å². The van der Waals surface area contributed by atoms with Gasteiger partial charge in [-0.25, -0.2) is 0 Å². The highest BCUT2D eigenvalue weighted by Crippen LogP contribution is 2.39. The fraction of sp³-hybridized carbons (Fsp3) is 0.154. The van der Waals surface area contributed by atoms with Crippen LogP contribution in [0.4, 0.5) is 11.4 Å². The fourth-order valence-corrected chi connectivity index (χ4v) is 5.51. The molecular weight excluding hydrogens is 579 g/mol. The normalized spacial score (nSPS) is 14.6. The maximum absolute atomic E-state index is 13.2. The van der Waals surface area contributed by atoms with Crippen LogP contribution in [0.2, 0.25) is 0 Å². The summed E-state index contributed by atoms with van der Waals surface area (Å²) < 4.78 is 13.1. The molecule has 0 aromatic heterocycles. The largest absolute Gasteiger partial charge is 0.493 e. The van der Waals surface area contributed by atoms with Crippen molar-refractivity contribution in [1.82, 2.24) is 0 Å². The SMILES string of the molecule is COc1cc(/C=C2/SC(=S)N(c3ccc(N(C)C)cc3)C2=O)cc(I)c1OCc1ccccc1. The number of thiocarbonyl (C=S) groups is 1. The van der Waals surface area contributed by atoms with Crippen molar-refractivity contribution >= 4 is 74.2 Å². The van der Waals surface area contributed by atoms with Crippen LogP contribution in [0.3, 0.4) is 0 Å². The fourth-order valence-electron chi connectivity index (χ4n) is 3.43. The lowest BCUT2D eigenvalue weighted by Gasteiger charge is -2.17. The number of carbonyl (C=O) groups is 1. The van der Waals surface area contributed by atoms with E-state index in [0.717, 1.165) is 26.1 Å². The summed E-state index contributed by atoms with van der Waals surface area (Å²) in [6.45, 7) is 0.442. The first kappa shape index (κ1) is 24.6. The summed E-state index contributed by atoms with van der Waals surface area (Å²) >= 11 is 9.05. The third-order valence-corrected chi connectivity index (χ3v) is 7.30. The van der Waals surface area contributed by atoms with E-state index < -0.39 is 0 Å². The quantitative estimate of drug-likeness (QED) is 0.179. The van der Waals surface area contributed by atoms with E-state index in [4.69, 9.17) is 21.7 Å². The number of hydrogen-bond acceptors (Lipinski definition) is 6. The van der Waals surface area contributed by atoms with E-state index in [1.807, 2.05) is 91.8 Å². The number of carbonyl (C=O) groups excluding carboxylic acids is 1. The summed E-state index contributed by atoms with van der Waals surface area (Å²) in [7, 11) is 5.57. The Morgan fingerprint density at radius 3 is 2.44 bits per heavy atom. The molecule has 1 amide bonds. The van der Waals surface area contributed by atoms with Gasteiger partial charge in [0.1, 0.15) is 6.61 Å². The standard InChI is InChI=1S/C26H23IN2O3S2/c1-28(2)19-9-11-20(12-10-19)29-25(30)23(34-26(29)33)15-18-13-21(27)24(22(14-18)31-3)32-16-17-7-5-4-6-8-17/h4-15H,16H2,1-3H3/b23-15+. The van der Waals surface area contributed by atoms with Crippen molar-refractivity contribution in [3.05, 3.63) is 86.3 Å². The predicted molar refractivity (Wildman–Crippen MR) is 153 cm³/mol. The van der Waals surface area contributed by atoms with Gasteiger partial charge in [0.05, 0.1) is 21.3 Å². The van der Waals surface area contributed by atoms with Gasteiger partial charge in [0.2, 0.25) is 0 Å². The second-order valence-electron chi connectivity index (χ2n) is 7.74. The molecule has 1 aliphatic heterocycles. The van der Waals surface area contributed by atoms with E-state index in [1.54, 1.807) is 12.0 Å². The van der Waals surface area contributed by atoms with Crippen LogP contribution < -0.4 is 19.3 Å². The molecule has 1 aliphatic rings. The number of halogens is 1. The van der Waals surface area contributed by atoms with Gasteiger partial charge < -0.3 is 14.4 Å². The minimum absolute atomic E-state index is 0.133. The number of amides is 1. The zero-order valence-corrected chi connectivity index (χ0v) is 22.7. The number of benzene rings is 3. The van der Waals surface area contributed by atoms with E-state index in [0.29, 0.717) is 27.3 Å². The van der Waals surface area contributed by atoms with Crippen LogP contribution in [0.1, 0.15) is 11.1 Å². The Hall–Kier alpha value is -2.56. The molecular formula is C26H23IN2O3S2. The molecule has 0 spiro atoms. The molecule has 4 rings (SSSR count). The molecule has 3 aromatic carbocycles. The Morgan fingerprint density at radius 2 is 1.79 bits per heavy atom. The van der Waals surface area contributed by atoms with Gasteiger partial charge in [-0.1, -0.05) is 54.3 Å². The van der Waals surface area contributed by atoms with Crippen molar-refractivity contribution in [2.75, 3.05) is 31.0 Å². The smallest absolute Gasteiger partial charge is 0.270 e. The third-order valence-electron chi connectivity index (χ3n) is 5.19. The maximum Gasteiger partial charge on any atom is 0.270 e. The highest BCUT2D eigenvalue weighted by Gasteiger charge is 2.33. The maximum atomic E-state index is 13.2. The van der Waals surface area contributed by atoms with Crippen molar-refractivity contribution in [2.24, 2.45) is 0 Å². The van der Waals surface area contributed by atoms with E-state index in [9.17, 15) is 4.79 Å². The minimum Gasteiger partial charge on any atom is -0.493 e. The van der Waals surface area contributed by atoms with Gasteiger partial charge in [-0.2, -0.15) is 0 Å². The van der Waals surface area contributed by atoms with Crippen molar-refractivity contribution in [3.8, 4) is 11.5 Å². The van der Waals surface area contributed by atoms with E-state index >= 15 is 0 Å². The summed E-state index contributed by atoms with van der Waals surface area (Å²) in [4.78, 5) is 17.3. The lowest BCUT2D eigenvalue weighted by Crippen LogP contribution is -2.27. The first-order chi connectivity index (χ1) is 16.4. The molecule has 0 aliphatic carbocycles. The molecule has 5 nitrogen and oxygen atoms in total. The average Bonchev–Trinajstić information content (AvgIpc) is 3.11. The van der Waals surface area contributed by atoms with Crippen LogP contribution in [0, 0.1) is 3.57 Å². The van der Waals surface area contributed by atoms with E-state index in [1.165, 1.54) is 11.8 Å². The molecule has 8 heteroatoms. The van der Waals surface area contributed by atoms with Gasteiger partial charge in [0.25, 0.3) is 5.91 Å². The van der Waals surface area contributed by atoms with Gasteiger partial charge >= 0.3 is 0 Å². The first-order valence-electron chi connectivity index (χ1n) is 10.5. The number of thioether (sulfide) groups is 1. The van der Waals surface area contributed by atoms with Crippen molar-refractivity contribution in [3.63, 3.8) is 0 Å². The monoisotopic (exact) mass is 602 g/mol. The number of rotatable bonds is 7.